The van der Waals surface area contributed by atoms with E-state index in [0.717, 1.165) is 0 Å². The van der Waals surface area contributed by atoms with Gasteiger partial charge in [0.05, 0.1) is 12.7 Å². The number of anilines is 1. The second-order valence-electron chi connectivity index (χ2n) is 4.08. The lowest BCUT2D eigenvalue weighted by Gasteiger charge is -2.12. The summed E-state index contributed by atoms with van der Waals surface area (Å²) in [5.74, 6) is -0.0698. The summed E-state index contributed by atoms with van der Waals surface area (Å²) in [7, 11) is 1.47. The zero-order valence-corrected chi connectivity index (χ0v) is 11.0. The van der Waals surface area contributed by atoms with Gasteiger partial charge in [-0.05, 0) is 19.1 Å². The maximum absolute atomic E-state index is 11.5. The van der Waals surface area contributed by atoms with Crippen molar-refractivity contribution >= 4 is 17.5 Å². The van der Waals surface area contributed by atoms with Crippen molar-refractivity contribution in [1.82, 2.24) is 5.32 Å². The average Bonchev–Trinajstić information content (AvgIpc) is 2.37. The van der Waals surface area contributed by atoms with Crippen LogP contribution in [0.25, 0.3) is 0 Å². The summed E-state index contributed by atoms with van der Waals surface area (Å²) in [6, 6.07) is 6.18. The number of nitrogens with one attached hydrogen (secondary N) is 2. The summed E-state index contributed by atoms with van der Waals surface area (Å²) < 4.78 is 4.74. The van der Waals surface area contributed by atoms with Crippen molar-refractivity contribution in [2.45, 2.75) is 13.0 Å². The number of benzene rings is 1. The zero-order valence-electron chi connectivity index (χ0n) is 11.0. The smallest absolute Gasteiger partial charge is 0.319 e. The van der Waals surface area contributed by atoms with Crippen molar-refractivity contribution in [3.63, 3.8) is 0 Å². The van der Waals surface area contributed by atoms with Crippen molar-refractivity contribution in [2.75, 3.05) is 25.6 Å². The number of aliphatic hydroxyl groups excluding tert-OH is 1. The van der Waals surface area contributed by atoms with Crippen molar-refractivity contribution in [3.05, 3.63) is 29.8 Å². The van der Waals surface area contributed by atoms with E-state index in [1.807, 2.05) is 0 Å². The Morgan fingerprint density at radius 1 is 1.42 bits per heavy atom. The van der Waals surface area contributed by atoms with Crippen LogP contribution in [-0.4, -0.2) is 43.3 Å². The number of carbonyl (C=O) groups is 2. The Morgan fingerprint density at radius 2 is 2.16 bits per heavy atom. The fourth-order valence-electron chi connectivity index (χ4n) is 1.45. The van der Waals surface area contributed by atoms with Gasteiger partial charge in [0.2, 0.25) is 0 Å². The molecular formula is C13H18N2O4. The van der Waals surface area contributed by atoms with Crippen LogP contribution in [0.2, 0.25) is 0 Å². The predicted octanol–water partition coefficient (Wildman–Crippen LogP) is 1.02. The number of aliphatic hydroxyl groups is 1. The number of ketones is 1. The third kappa shape index (κ3) is 5.50. The van der Waals surface area contributed by atoms with Crippen LogP contribution in [0.15, 0.2) is 24.3 Å². The lowest BCUT2D eigenvalue weighted by Crippen LogP contribution is -2.37. The highest BCUT2D eigenvalue weighted by Gasteiger charge is 2.07. The molecule has 19 heavy (non-hydrogen) atoms. The van der Waals surface area contributed by atoms with Gasteiger partial charge in [-0.25, -0.2) is 4.79 Å². The molecule has 2 amide bonds. The Kier molecular flexibility index (Phi) is 5.98. The van der Waals surface area contributed by atoms with Gasteiger partial charge in [-0.3, -0.25) is 4.79 Å². The van der Waals surface area contributed by atoms with Gasteiger partial charge >= 0.3 is 6.03 Å². The number of methoxy groups -OCH3 is 1. The number of hydrogen-bond donors (Lipinski definition) is 3. The highest BCUT2D eigenvalue weighted by atomic mass is 16.5. The van der Waals surface area contributed by atoms with Crippen LogP contribution < -0.4 is 10.6 Å². The summed E-state index contributed by atoms with van der Waals surface area (Å²) >= 11 is 0. The van der Waals surface area contributed by atoms with E-state index in [9.17, 15) is 14.7 Å². The molecule has 0 aromatic heterocycles. The van der Waals surface area contributed by atoms with Crippen LogP contribution in [0.1, 0.15) is 17.3 Å². The number of amides is 2. The van der Waals surface area contributed by atoms with Gasteiger partial charge < -0.3 is 20.5 Å². The first-order chi connectivity index (χ1) is 9.02. The van der Waals surface area contributed by atoms with Crippen LogP contribution in [0.5, 0.6) is 0 Å². The highest BCUT2D eigenvalue weighted by Crippen LogP contribution is 2.10. The first-order valence-electron chi connectivity index (χ1n) is 5.85. The maximum atomic E-state index is 11.5. The summed E-state index contributed by atoms with van der Waals surface area (Å²) in [5.41, 5.74) is 1.05. The van der Waals surface area contributed by atoms with Gasteiger partial charge in [0, 0.05) is 24.9 Å². The number of ether oxygens (including phenoxy) is 1. The summed E-state index contributed by atoms with van der Waals surface area (Å²) in [5, 5.41) is 14.4. The van der Waals surface area contributed by atoms with Gasteiger partial charge in [0.25, 0.3) is 0 Å². The standard InChI is InChI=1S/C13H18N2O4/c1-9(16)10-4-3-5-11(6-10)15-13(18)14-7-12(17)8-19-2/h3-6,12,17H,7-8H2,1-2H3,(H2,14,15,18). The number of Topliss-reactive ketones (excluding diaryl/α,β-unsaturated/α-hetero) is 1. The fourth-order valence-corrected chi connectivity index (χ4v) is 1.45. The summed E-state index contributed by atoms with van der Waals surface area (Å²) in [6.45, 7) is 1.70. The number of urea groups is 1. The molecule has 0 fully saturated rings. The molecule has 3 N–H and O–H groups in total. The van der Waals surface area contributed by atoms with Crippen LogP contribution in [-0.2, 0) is 4.74 Å². The lowest BCUT2D eigenvalue weighted by molar-refractivity contribution is 0.0663. The second kappa shape index (κ2) is 7.50. The van der Waals surface area contributed by atoms with Crippen molar-refractivity contribution in [3.8, 4) is 0 Å². The first kappa shape index (κ1) is 15.1. The molecule has 0 aliphatic rings. The summed E-state index contributed by atoms with van der Waals surface area (Å²) in [4.78, 5) is 22.7. The fraction of sp³-hybridized carbons (Fsp3) is 0.385. The minimum atomic E-state index is -0.751. The molecule has 0 aliphatic carbocycles. The molecule has 1 rings (SSSR count). The molecule has 0 spiro atoms. The predicted molar refractivity (Wildman–Crippen MR) is 71.4 cm³/mol. The third-order valence-electron chi connectivity index (χ3n) is 2.38. The number of rotatable bonds is 6. The number of hydrogen-bond acceptors (Lipinski definition) is 4. The van der Waals surface area contributed by atoms with Crippen LogP contribution >= 0.6 is 0 Å². The van der Waals surface area contributed by atoms with Gasteiger partial charge in [-0.2, -0.15) is 0 Å². The minimum Gasteiger partial charge on any atom is -0.389 e. The normalized spacial score (nSPS) is 11.7. The van der Waals surface area contributed by atoms with Crippen molar-refractivity contribution < 1.29 is 19.4 Å². The van der Waals surface area contributed by atoms with Gasteiger partial charge in [-0.15, -0.1) is 0 Å². The molecule has 6 heteroatoms. The second-order valence-corrected chi connectivity index (χ2v) is 4.08. The highest BCUT2D eigenvalue weighted by molar-refractivity contribution is 5.96. The SMILES string of the molecule is COCC(O)CNC(=O)Nc1cccc(C(C)=O)c1. The minimum absolute atomic E-state index is 0.0698. The van der Waals surface area contributed by atoms with E-state index in [1.165, 1.54) is 14.0 Å². The first-order valence-corrected chi connectivity index (χ1v) is 5.85. The van der Waals surface area contributed by atoms with E-state index < -0.39 is 12.1 Å². The molecule has 0 aliphatic heterocycles. The van der Waals surface area contributed by atoms with Crippen molar-refractivity contribution in [2.24, 2.45) is 0 Å². The zero-order chi connectivity index (χ0) is 14.3. The molecule has 0 saturated carbocycles. The van der Waals surface area contributed by atoms with Crippen LogP contribution in [0.3, 0.4) is 0 Å². The molecule has 0 heterocycles. The van der Waals surface area contributed by atoms with E-state index in [-0.39, 0.29) is 18.9 Å². The van der Waals surface area contributed by atoms with E-state index >= 15 is 0 Å². The van der Waals surface area contributed by atoms with Crippen molar-refractivity contribution in [1.29, 1.82) is 0 Å². The Hall–Kier alpha value is -1.92. The van der Waals surface area contributed by atoms with E-state index in [1.54, 1.807) is 24.3 Å². The Bertz CT molecular complexity index is 448. The average molecular weight is 266 g/mol. The van der Waals surface area contributed by atoms with E-state index in [4.69, 9.17) is 4.74 Å². The topological polar surface area (TPSA) is 87.7 Å². The maximum Gasteiger partial charge on any atom is 0.319 e. The molecule has 104 valence electrons. The molecule has 1 aromatic carbocycles. The molecule has 1 unspecified atom stereocenters. The lowest BCUT2D eigenvalue weighted by atomic mass is 10.1. The third-order valence-corrected chi connectivity index (χ3v) is 2.38. The molecule has 1 atom stereocenters. The largest absolute Gasteiger partial charge is 0.389 e. The molecular weight excluding hydrogens is 248 g/mol. The van der Waals surface area contributed by atoms with E-state index in [2.05, 4.69) is 10.6 Å². The van der Waals surface area contributed by atoms with Gasteiger partial charge in [-0.1, -0.05) is 12.1 Å². The molecule has 0 saturated heterocycles. The quantitative estimate of drug-likeness (QED) is 0.671. The monoisotopic (exact) mass is 266 g/mol. The molecule has 6 nitrogen and oxygen atoms in total. The molecule has 0 radical (unpaired) electrons. The molecule has 1 aromatic rings. The number of carbonyl (C=O) groups excluding carboxylic acids is 2. The Balaban J connectivity index is 2.48. The Morgan fingerprint density at radius 3 is 2.79 bits per heavy atom. The summed E-state index contributed by atoms with van der Waals surface area (Å²) in [6.07, 6.45) is -0.751. The van der Waals surface area contributed by atoms with Gasteiger partial charge in [0.15, 0.2) is 5.78 Å². The molecule has 0 bridgehead atoms. The Labute approximate surface area is 111 Å². The van der Waals surface area contributed by atoms with Crippen LogP contribution in [0.4, 0.5) is 10.5 Å². The van der Waals surface area contributed by atoms with Gasteiger partial charge in [0.1, 0.15) is 0 Å². The van der Waals surface area contributed by atoms with E-state index in [0.29, 0.717) is 11.3 Å². The van der Waals surface area contributed by atoms with Crippen LogP contribution in [0, 0.1) is 0 Å².